The summed E-state index contributed by atoms with van der Waals surface area (Å²) in [7, 11) is 0. The van der Waals surface area contributed by atoms with Crippen molar-refractivity contribution in [1.82, 2.24) is 19.9 Å². The highest BCUT2D eigenvalue weighted by Gasteiger charge is 2.33. The third-order valence-corrected chi connectivity index (χ3v) is 3.51. The normalized spacial score (nSPS) is 11.6. The molecule has 0 atom stereocenters. The first kappa shape index (κ1) is 16.2. The van der Waals surface area contributed by atoms with E-state index in [-0.39, 0.29) is 12.5 Å². The van der Waals surface area contributed by atoms with Crippen molar-refractivity contribution in [3.05, 3.63) is 40.7 Å². The molecule has 0 bridgehead atoms. The molecule has 0 N–H and O–H groups in total. The Balaban J connectivity index is 1.53. The second kappa shape index (κ2) is 6.43. The molecule has 126 valence electrons. The molecule has 24 heavy (non-hydrogen) atoms. The summed E-state index contributed by atoms with van der Waals surface area (Å²) >= 11 is 1.47. The summed E-state index contributed by atoms with van der Waals surface area (Å²) in [5.74, 6) is -0.327. The third-order valence-electron chi connectivity index (χ3n) is 2.83. The van der Waals surface area contributed by atoms with E-state index in [1.807, 2.05) is 10.8 Å². The Kier molecular flexibility index (Phi) is 4.34. The molecule has 0 unspecified atom stereocenters. The maximum absolute atomic E-state index is 12.4. The Morgan fingerprint density at radius 2 is 2.21 bits per heavy atom. The summed E-state index contributed by atoms with van der Waals surface area (Å²) in [6, 6.07) is 2.58. The molecule has 3 aromatic heterocycles. The zero-order valence-electron chi connectivity index (χ0n) is 11.9. The van der Waals surface area contributed by atoms with Gasteiger partial charge in [0.15, 0.2) is 12.3 Å². The van der Waals surface area contributed by atoms with E-state index >= 15 is 0 Å². The third kappa shape index (κ3) is 3.79. The first-order valence-electron chi connectivity index (χ1n) is 6.53. The number of aromatic nitrogens is 4. The van der Waals surface area contributed by atoms with Crippen molar-refractivity contribution in [2.75, 3.05) is 0 Å². The predicted molar refractivity (Wildman–Crippen MR) is 74.6 cm³/mol. The van der Waals surface area contributed by atoms with Crippen LogP contribution in [0.2, 0.25) is 0 Å². The average Bonchev–Trinajstić information content (AvgIpc) is 3.25. The SMILES string of the molecule is O=C(Cn1ccc(C(F)(F)F)n1)OCc1nc(-c2ccsc2)no1. The molecule has 0 radical (unpaired) electrons. The van der Waals surface area contributed by atoms with Gasteiger partial charge < -0.3 is 9.26 Å². The fraction of sp³-hybridized carbons (Fsp3) is 0.231. The van der Waals surface area contributed by atoms with E-state index in [4.69, 9.17) is 9.26 Å². The van der Waals surface area contributed by atoms with Gasteiger partial charge in [-0.3, -0.25) is 9.48 Å². The summed E-state index contributed by atoms with van der Waals surface area (Å²) in [4.78, 5) is 15.7. The lowest BCUT2D eigenvalue weighted by Crippen LogP contribution is -2.15. The highest BCUT2D eigenvalue weighted by atomic mass is 32.1. The molecule has 0 amide bonds. The van der Waals surface area contributed by atoms with E-state index in [9.17, 15) is 18.0 Å². The number of thiophene rings is 1. The van der Waals surface area contributed by atoms with Crippen molar-refractivity contribution in [3.63, 3.8) is 0 Å². The van der Waals surface area contributed by atoms with Crippen LogP contribution in [0.25, 0.3) is 11.4 Å². The van der Waals surface area contributed by atoms with Crippen LogP contribution in [0, 0.1) is 0 Å². The van der Waals surface area contributed by atoms with Gasteiger partial charge in [0, 0.05) is 17.1 Å². The van der Waals surface area contributed by atoms with Crippen molar-refractivity contribution >= 4 is 17.3 Å². The lowest BCUT2D eigenvalue weighted by Gasteiger charge is -2.03. The number of rotatable bonds is 5. The van der Waals surface area contributed by atoms with Gasteiger partial charge in [-0.25, -0.2) is 0 Å². The monoisotopic (exact) mass is 358 g/mol. The van der Waals surface area contributed by atoms with Crippen LogP contribution in [0.4, 0.5) is 13.2 Å². The second-order valence-corrected chi connectivity index (χ2v) is 5.36. The summed E-state index contributed by atoms with van der Waals surface area (Å²) in [5.41, 5.74) is -0.301. The Bertz CT molecular complexity index is 826. The Morgan fingerprint density at radius 1 is 1.38 bits per heavy atom. The molecule has 0 aliphatic rings. The molecule has 0 saturated carbocycles. The molecule has 11 heteroatoms. The van der Waals surface area contributed by atoms with Crippen LogP contribution in [-0.2, 0) is 28.9 Å². The van der Waals surface area contributed by atoms with Gasteiger partial charge in [-0.05, 0) is 17.5 Å². The molecule has 0 spiro atoms. The molecule has 3 rings (SSSR count). The highest BCUT2D eigenvalue weighted by molar-refractivity contribution is 7.08. The van der Waals surface area contributed by atoms with Crippen molar-refractivity contribution in [2.24, 2.45) is 0 Å². The fourth-order valence-electron chi connectivity index (χ4n) is 1.74. The van der Waals surface area contributed by atoms with Gasteiger partial charge in [0.2, 0.25) is 5.82 Å². The Morgan fingerprint density at radius 3 is 2.88 bits per heavy atom. The molecular weight excluding hydrogens is 349 g/mol. The maximum Gasteiger partial charge on any atom is 0.435 e. The van der Waals surface area contributed by atoms with E-state index in [2.05, 4.69) is 15.2 Å². The van der Waals surface area contributed by atoms with E-state index in [0.29, 0.717) is 5.82 Å². The molecular formula is C13H9F3N4O3S. The van der Waals surface area contributed by atoms with Crippen LogP contribution >= 0.6 is 11.3 Å². The predicted octanol–water partition coefficient (Wildman–Crippen LogP) is 2.76. The van der Waals surface area contributed by atoms with E-state index in [1.54, 1.807) is 6.07 Å². The van der Waals surface area contributed by atoms with Crippen molar-refractivity contribution in [2.45, 2.75) is 19.3 Å². The lowest BCUT2D eigenvalue weighted by molar-refractivity contribution is -0.148. The minimum Gasteiger partial charge on any atom is -0.454 e. The smallest absolute Gasteiger partial charge is 0.435 e. The summed E-state index contributed by atoms with van der Waals surface area (Å²) in [5, 5.41) is 10.7. The standard InChI is InChI=1S/C13H9F3N4O3S/c14-13(15,16)9-1-3-20(18-9)5-11(21)22-6-10-17-12(19-23-10)8-2-4-24-7-8/h1-4,7H,5-6H2. The number of ether oxygens (including phenoxy) is 1. The Hall–Kier alpha value is -2.69. The van der Waals surface area contributed by atoms with Crippen LogP contribution in [0.5, 0.6) is 0 Å². The zero-order valence-corrected chi connectivity index (χ0v) is 12.7. The molecule has 3 heterocycles. The number of esters is 1. The molecule has 7 nitrogen and oxygen atoms in total. The number of alkyl halides is 3. The lowest BCUT2D eigenvalue weighted by atomic mass is 10.3. The number of nitrogens with zero attached hydrogens (tertiary/aromatic N) is 4. The number of halogens is 3. The molecule has 0 aliphatic carbocycles. The van der Waals surface area contributed by atoms with Gasteiger partial charge >= 0.3 is 12.1 Å². The minimum absolute atomic E-state index is 0.0843. The largest absolute Gasteiger partial charge is 0.454 e. The summed E-state index contributed by atoms with van der Waals surface area (Å²) in [6.45, 7) is -0.731. The van der Waals surface area contributed by atoms with Crippen molar-refractivity contribution in [1.29, 1.82) is 0 Å². The molecule has 0 aromatic carbocycles. The van der Waals surface area contributed by atoms with Gasteiger partial charge in [-0.1, -0.05) is 5.16 Å². The first-order valence-corrected chi connectivity index (χ1v) is 7.47. The molecule has 0 fully saturated rings. The van der Waals surface area contributed by atoms with Crippen LogP contribution in [0.1, 0.15) is 11.6 Å². The maximum atomic E-state index is 12.4. The number of hydrogen-bond donors (Lipinski definition) is 0. The summed E-state index contributed by atoms with van der Waals surface area (Å²) < 4.78 is 47.9. The summed E-state index contributed by atoms with van der Waals surface area (Å²) in [6.07, 6.45) is -3.51. The molecule has 0 saturated heterocycles. The quantitative estimate of drug-likeness (QED) is 0.652. The average molecular weight is 358 g/mol. The zero-order chi connectivity index (χ0) is 17.2. The Labute approximate surface area is 136 Å². The van der Waals surface area contributed by atoms with Gasteiger partial charge in [0.25, 0.3) is 5.89 Å². The first-order chi connectivity index (χ1) is 11.4. The van der Waals surface area contributed by atoms with E-state index < -0.39 is 24.4 Å². The van der Waals surface area contributed by atoms with Crippen molar-refractivity contribution < 1.29 is 27.2 Å². The van der Waals surface area contributed by atoms with E-state index in [1.165, 1.54) is 11.3 Å². The van der Waals surface area contributed by atoms with E-state index in [0.717, 1.165) is 22.5 Å². The van der Waals surface area contributed by atoms with Gasteiger partial charge in [-0.2, -0.15) is 34.6 Å². The van der Waals surface area contributed by atoms with Crippen molar-refractivity contribution in [3.8, 4) is 11.4 Å². The highest BCUT2D eigenvalue weighted by Crippen LogP contribution is 2.27. The van der Waals surface area contributed by atoms with Crippen LogP contribution < -0.4 is 0 Å². The fourth-order valence-corrected chi connectivity index (χ4v) is 2.38. The number of hydrogen-bond acceptors (Lipinski definition) is 7. The number of carbonyl (C=O) groups is 1. The van der Waals surface area contributed by atoms with Crippen LogP contribution in [0.15, 0.2) is 33.6 Å². The van der Waals surface area contributed by atoms with Crippen LogP contribution in [-0.4, -0.2) is 25.9 Å². The minimum atomic E-state index is -4.56. The van der Waals surface area contributed by atoms with Crippen LogP contribution in [0.3, 0.4) is 0 Å². The molecule has 3 aromatic rings. The number of carbonyl (C=O) groups excluding carboxylic acids is 1. The van der Waals surface area contributed by atoms with Gasteiger partial charge in [-0.15, -0.1) is 0 Å². The van der Waals surface area contributed by atoms with Gasteiger partial charge in [0.1, 0.15) is 6.54 Å². The van der Waals surface area contributed by atoms with Gasteiger partial charge in [0.05, 0.1) is 0 Å². The second-order valence-electron chi connectivity index (χ2n) is 4.58. The molecule has 0 aliphatic heterocycles. The topological polar surface area (TPSA) is 83.0 Å².